The molecule has 1 aliphatic rings. The molecule has 4 rings (SSSR count). The first-order valence-corrected chi connectivity index (χ1v) is 9.70. The SMILES string of the molecule is Cc1cccc(CC2CCc3ccccc3C2NCc2ccccc2)c1. The molecule has 0 radical (unpaired) electrons. The number of hydrogen-bond donors (Lipinski definition) is 1. The molecule has 1 aliphatic carbocycles. The minimum atomic E-state index is 0.417. The topological polar surface area (TPSA) is 12.0 Å². The summed E-state index contributed by atoms with van der Waals surface area (Å²) in [6, 6.07) is 29.1. The van der Waals surface area contributed by atoms with Gasteiger partial charge in [0.15, 0.2) is 0 Å². The fourth-order valence-electron chi connectivity index (χ4n) is 4.29. The van der Waals surface area contributed by atoms with Gasteiger partial charge in [-0.05, 0) is 54.4 Å². The Morgan fingerprint density at radius 3 is 2.46 bits per heavy atom. The van der Waals surface area contributed by atoms with Crippen LogP contribution in [0.5, 0.6) is 0 Å². The second-order valence-corrected chi connectivity index (χ2v) is 7.53. The largest absolute Gasteiger partial charge is 0.306 e. The van der Waals surface area contributed by atoms with Crippen LogP contribution in [0.2, 0.25) is 0 Å². The molecule has 26 heavy (non-hydrogen) atoms. The average molecular weight is 341 g/mol. The number of nitrogens with one attached hydrogen (secondary N) is 1. The van der Waals surface area contributed by atoms with Crippen molar-refractivity contribution in [1.82, 2.24) is 5.32 Å². The summed E-state index contributed by atoms with van der Waals surface area (Å²) in [4.78, 5) is 0. The summed E-state index contributed by atoms with van der Waals surface area (Å²) in [5, 5.41) is 3.88. The van der Waals surface area contributed by atoms with E-state index in [9.17, 15) is 0 Å². The normalized spacial score (nSPS) is 19.1. The fraction of sp³-hybridized carbons (Fsp3) is 0.280. The summed E-state index contributed by atoms with van der Waals surface area (Å²) in [5.74, 6) is 0.635. The van der Waals surface area contributed by atoms with Crippen molar-refractivity contribution < 1.29 is 0 Å². The van der Waals surface area contributed by atoms with Gasteiger partial charge in [0.2, 0.25) is 0 Å². The molecule has 0 spiro atoms. The van der Waals surface area contributed by atoms with Crippen molar-refractivity contribution in [1.29, 1.82) is 0 Å². The van der Waals surface area contributed by atoms with E-state index in [4.69, 9.17) is 0 Å². The summed E-state index contributed by atoms with van der Waals surface area (Å²) in [6.45, 7) is 3.11. The average Bonchev–Trinajstić information content (AvgIpc) is 2.68. The van der Waals surface area contributed by atoms with Gasteiger partial charge in [0.1, 0.15) is 0 Å². The van der Waals surface area contributed by atoms with Gasteiger partial charge in [-0.2, -0.15) is 0 Å². The third-order valence-electron chi connectivity index (χ3n) is 5.60. The molecule has 132 valence electrons. The van der Waals surface area contributed by atoms with Crippen LogP contribution in [0.15, 0.2) is 78.9 Å². The smallest absolute Gasteiger partial charge is 0.0357 e. The Morgan fingerprint density at radius 2 is 1.62 bits per heavy atom. The van der Waals surface area contributed by atoms with E-state index < -0.39 is 0 Å². The summed E-state index contributed by atoms with van der Waals surface area (Å²) in [7, 11) is 0. The highest BCUT2D eigenvalue weighted by atomic mass is 14.9. The van der Waals surface area contributed by atoms with Crippen molar-refractivity contribution in [2.45, 2.75) is 38.8 Å². The van der Waals surface area contributed by atoms with E-state index in [0.717, 1.165) is 13.0 Å². The Labute approximate surface area is 157 Å². The monoisotopic (exact) mass is 341 g/mol. The predicted octanol–water partition coefficient (Wildman–Crippen LogP) is 5.63. The van der Waals surface area contributed by atoms with Gasteiger partial charge in [-0.3, -0.25) is 0 Å². The lowest BCUT2D eigenvalue weighted by molar-refractivity contribution is 0.317. The summed E-state index contributed by atoms with van der Waals surface area (Å²) in [6.07, 6.45) is 3.58. The molecule has 3 aromatic rings. The third kappa shape index (κ3) is 3.89. The Morgan fingerprint density at radius 1 is 0.846 bits per heavy atom. The van der Waals surface area contributed by atoms with Gasteiger partial charge in [-0.1, -0.05) is 84.4 Å². The zero-order valence-electron chi connectivity index (χ0n) is 15.5. The van der Waals surface area contributed by atoms with Gasteiger partial charge in [0.05, 0.1) is 0 Å². The van der Waals surface area contributed by atoms with Crippen LogP contribution in [0.3, 0.4) is 0 Å². The zero-order chi connectivity index (χ0) is 17.8. The summed E-state index contributed by atoms with van der Waals surface area (Å²) < 4.78 is 0. The third-order valence-corrected chi connectivity index (χ3v) is 5.60. The molecule has 1 N–H and O–H groups in total. The molecule has 0 amide bonds. The van der Waals surface area contributed by atoms with E-state index in [1.807, 2.05) is 0 Å². The van der Waals surface area contributed by atoms with Gasteiger partial charge >= 0.3 is 0 Å². The second-order valence-electron chi connectivity index (χ2n) is 7.53. The Bertz CT molecular complexity index is 853. The molecule has 1 nitrogen and oxygen atoms in total. The minimum Gasteiger partial charge on any atom is -0.306 e. The van der Waals surface area contributed by atoms with Crippen LogP contribution in [0.4, 0.5) is 0 Å². The zero-order valence-corrected chi connectivity index (χ0v) is 15.5. The van der Waals surface area contributed by atoms with Gasteiger partial charge in [-0.25, -0.2) is 0 Å². The number of benzene rings is 3. The Balaban J connectivity index is 1.57. The molecule has 2 atom stereocenters. The van der Waals surface area contributed by atoms with Crippen molar-refractivity contribution in [2.24, 2.45) is 5.92 Å². The first-order valence-electron chi connectivity index (χ1n) is 9.70. The summed E-state index contributed by atoms with van der Waals surface area (Å²) >= 11 is 0. The van der Waals surface area contributed by atoms with Crippen LogP contribution in [0.1, 0.15) is 40.3 Å². The van der Waals surface area contributed by atoms with E-state index in [1.54, 1.807) is 0 Å². The van der Waals surface area contributed by atoms with Gasteiger partial charge < -0.3 is 5.32 Å². The van der Waals surface area contributed by atoms with E-state index in [2.05, 4.69) is 91.1 Å². The van der Waals surface area contributed by atoms with Crippen LogP contribution in [0.25, 0.3) is 0 Å². The predicted molar refractivity (Wildman–Crippen MR) is 109 cm³/mol. The van der Waals surface area contributed by atoms with Crippen LogP contribution in [-0.4, -0.2) is 0 Å². The maximum atomic E-state index is 3.88. The molecule has 3 aromatic carbocycles. The van der Waals surface area contributed by atoms with Gasteiger partial charge in [0, 0.05) is 12.6 Å². The van der Waals surface area contributed by atoms with E-state index in [-0.39, 0.29) is 0 Å². The lowest BCUT2D eigenvalue weighted by atomic mass is 9.76. The summed E-state index contributed by atoms with van der Waals surface area (Å²) in [5.41, 5.74) is 7.17. The number of hydrogen-bond acceptors (Lipinski definition) is 1. The molecule has 0 aromatic heterocycles. The molecule has 0 bridgehead atoms. The molecule has 2 unspecified atom stereocenters. The quantitative estimate of drug-likeness (QED) is 0.634. The fourth-order valence-corrected chi connectivity index (χ4v) is 4.29. The molecule has 0 saturated heterocycles. The van der Waals surface area contributed by atoms with Crippen LogP contribution >= 0.6 is 0 Å². The van der Waals surface area contributed by atoms with Crippen LogP contribution < -0.4 is 5.32 Å². The molecule has 0 fully saturated rings. The van der Waals surface area contributed by atoms with Crippen LogP contribution in [0, 0.1) is 12.8 Å². The maximum absolute atomic E-state index is 3.88. The first kappa shape index (κ1) is 17.1. The minimum absolute atomic E-state index is 0.417. The van der Waals surface area contributed by atoms with E-state index >= 15 is 0 Å². The molecule has 0 aliphatic heterocycles. The molecule has 0 heterocycles. The highest BCUT2D eigenvalue weighted by Gasteiger charge is 2.29. The van der Waals surface area contributed by atoms with Crippen molar-refractivity contribution in [3.05, 3.63) is 107 Å². The molecule has 0 saturated carbocycles. The second kappa shape index (κ2) is 7.88. The first-order chi connectivity index (χ1) is 12.8. The highest BCUT2D eigenvalue weighted by Crippen LogP contribution is 2.36. The maximum Gasteiger partial charge on any atom is 0.0357 e. The Kier molecular flexibility index (Phi) is 5.17. The van der Waals surface area contributed by atoms with Crippen LogP contribution in [-0.2, 0) is 19.4 Å². The lowest BCUT2D eigenvalue weighted by Gasteiger charge is -2.35. The standard InChI is InChI=1S/C25H27N/c1-19-8-7-11-21(16-19)17-23-15-14-22-12-5-6-13-24(22)25(23)26-18-20-9-3-2-4-10-20/h2-13,16,23,25-26H,14-15,17-18H2,1H3. The van der Waals surface area contributed by atoms with E-state index in [1.165, 1.54) is 40.7 Å². The molecular formula is C25H27N. The van der Waals surface area contributed by atoms with Gasteiger partial charge in [0.25, 0.3) is 0 Å². The highest BCUT2D eigenvalue weighted by molar-refractivity contribution is 5.34. The lowest BCUT2D eigenvalue weighted by Crippen LogP contribution is -2.33. The molecule has 1 heteroatoms. The van der Waals surface area contributed by atoms with E-state index in [0.29, 0.717) is 12.0 Å². The van der Waals surface area contributed by atoms with Gasteiger partial charge in [-0.15, -0.1) is 0 Å². The number of fused-ring (bicyclic) bond motifs is 1. The van der Waals surface area contributed by atoms with Crippen molar-refractivity contribution in [2.75, 3.05) is 0 Å². The number of rotatable bonds is 5. The van der Waals surface area contributed by atoms with Crippen molar-refractivity contribution in [3.63, 3.8) is 0 Å². The van der Waals surface area contributed by atoms with Crippen molar-refractivity contribution in [3.8, 4) is 0 Å². The Hall–Kier alpha value is -2.38. The van der Waals surface area contributed by atoms with Crippen molar-refractivity contribution >= 4 is 0 Å². The number of aryl methyl sites for hydroxylation is 2. The molecular weight excluding hydrogens is 314 g/mol.